The third-order valence-corrected chi connectivity index (χ3v) is 6.11. The summed E-state index contributed by atoms with van der Waals surface area (Å²) in [7, 11) is 0. The van der Waals surface area contributed by atoms with Crippen molar-refractivity contribution >= 4 is 11.3 Å². The summed E-state index contributed by atoms with van der Waals surface area (Å²) in [6.45, 7) is 18.2. The van der Waals surface area contributed by atoms with Gasteiger partial charge in [0.1, 0.15) is 5.01 Å². The van der Waals surface area contributed by atoms with Crippen molar-refractivity contribution in [3.05, 3.63) is 16.1 Å². The van der Waals surface area contributed by atoms with Gasteiger partial charge in [0.2, 0.25) is 0 Å². The Bertz CT molecular complexity index is 438. The van der Waals surface area contributed by atoms with E-state index >= 15 is 0 Å². The fourth-order valence-corrected chi connectivity index (χ4v) is 3.89. The van der Waals surface area contributed by atoms with E-state index in [1.165, 1.54) is 10.7 Å². The third kappa shape index (κ3) is 2.73. The maximum absolute atomic E-state index is 4.73. The van der Waals surface area contributed by atoms with E-state index < -0.39 is 0 Å². The van der Waals surface area contributed by atoms with Gasteiger partial charge in [-0.1, -0.05) is 48.5 Å². The zero-order chi connectivity index (χ0) is 14.5. The van der Waals surface area contributed by atoms with E-state index in [9.17, 15) is 0 Å². The molecule has 1 aliphatic carbocycles. The number of nitrogens with one attached hydrogen (secondary N) is 1. The molecule has 1 N–H and O–H groups in total. The Morgan fingerprint density at radius 2 is 1.79 bits per heavy atom. The lowest BCUT2D eigenvalue weighted by molar-refractivity contribution is 0.457. The summed E-state index contributed by atoms with van der Waals surface area (Å²) in [5.41, 5.74) is 2.31. The quantitative estimate of drug-likeness (QED) is 0.893. The van der Waals surface area contributed by atoms with Crippen molar-refractivity contribution in [2.45, 2.75) is 60.4 Å². The van der Waals surface area contributed by atoms with Gasteiger partial charge in [0, 0.05) is 17.3 Å². The highest BCUT2D eigenvalue weighted by molar-refractivity contribution is 7.09. The molecule has 108 valence electrons. The Labute approximate surface area is 122 Å². The fraction of sp³-hybridized carbons (Fsp3) is 0.812. The summed E-state index contributed by atoms with van der Waals surface area (Å²) in [5.74, 6) is 0.780. The average molecular weight is 280 g/mol. The number of hydrogen-bond donors (Lipinski definition) is 1. The number of aromatic nitrogens is 1. The predicted molar refractivity (Wildman–Crippen MR) is 83.6 cm³/mol. The highest BCUT2D eigenvalue weighted by Gasteiger charge is 2.63. The Hall–Kier alpha value is -0.410. The lowest BCUT2D eigenvalue weighted by Crippen LogP contribution is -2.19. The summed E-state index contributed by atoms with van der Waals surface area (Å²) in [5, 5.41) is 6.99. The van der Waals surface area contributed by atoms with Crippen LogP contribution in [0.1, 0.15) is 59.2 Å². The molecule has 19 heavy (non-hydrogen) atoms. The highest BCUT2D eigenvalue weighted by atomic mass is 32.1. The largest absolute Gasteiger partial charge is 0.310 e. The molecule has 0 aliphatic heterocycles. The number of hydrogen-bond acceptors (Lipinski definition) is 3. The second kappa shape index (κ2) is 4.56. The molecule has 3 heteroatoms. The summed E-state index contributed by atoms with van der Waals surface area (Å²) in [4.78, 5) is 4.73. The van der Waals surface area contributed by atoms with Crippen molar-refractivity contribution in [1.29, 1.82) is 0 Å². The Balaban J connectivity index is 1.83. The van der Waals surface area contributed by atoms with Gasteiger partial charge in [-0.25, -0.2) is 4.98 Å². The van der Waals surface area contributed by atoms with Crippen LogP contribution >= 0.6 is 11.3 Å². The van der Waals surface area contributed by atoms with E-state index in [0.717, 1.165) is 19.0 Å². The molecule has 0 aromatic carbocycles. The topological polar surface area (TPSA) is 24.9 Å². The van der Waals surface area contributed by atoms with Crippen LogP contribution in [0.4, 0.5) is 0 Å². The van der Waals surface area contributed by atoms with Crippen molar-refractivity contribution in [3.63, 3.8) is 0 Å². The Morgan fingerprint density at radius 3 is 2.21 bits per heavy atom. The molecular formula is C16H28N2S. The van der Waals surface area contributed by atoms with Crippen LogP contribution in [-0.2, 0) is 12.0 Å². The Kier molecular flexibility index (Phi) is 3.60. The van der Waals surface area contributed by atoms with Crippen LogP contribution in [0.25, 0.3) is 0 Å². The lowest BCUT2D eigenvalue weighted by Gasteiger charge is -2.14. The maximum Gasteiger partial charge on any atom is 0.107 e. The van der Waals surface area contributed by atoms with Crippen molar-refractivity contribution in [3.8, 4) is 0 Å². The first-order valence-electron chi connectivity index (χ1n) is 7.22. The molecular weight excluding hydrogens is 252 g/mol. The van der Waals surface area contributed by atoms with Crippen LogP contribution < -0.4 is 5.32 Å². The molecule has 2 rings (SSSR count). The second-order valence-corrected chi connectivity index (χ2v) is 8.95. The smallest absolute Gasteiger partial charge is 0.107 e. The van der Waals surface area contributed by atoms with E-state index in [0.29, 0.717) is 10.8 Å². The fourth-order valence-electron chi connectivity index (χ4n) is 2.90. The van der Waals surface area contributed by atoms with Gasteiger partial charge in [0.15, 0.2) is 0 Å². The minimum atomic E-state index is 0.162. The normalized spacial score (nSPS) is 21.6. The van der Waals surface area contributed by atoms with Crippen LogP contribution in [0, 0.1) is 16.7 Å². The molecule has 0 bridgehead atoms. The molecule has 1 saturated carbocycles. The number of nitrogens with zero attached hydrogens (tertiary/aromatic N) is 1. The summed E-state index contributed by atoms with van der Waals surface area (Å²) in [6.07, 6.45) is 0. The maximum atomic E-state index is 4.73. The predicted octanol–water partition coefficient (Wildman–Crippen LogP) is 4.21. The van der Waals surface area contributed by atoms with Crippen LogP contribution in [0.3, 0.4) is 0 Å². The minimum absolute atomic E-state index is 0.162. The molecule has 2 nitrogen and oxygen atoms in total. The lowest BCUT2D eigenvalue weighted by atomic mass is 9.93. The molecule has 0 saturated heterocycles. The molecule has 1 aromatic rings. The molecule has 0 amide bonds. The monoisotopic (exact) mass is 280 g/mol. The highest BCUT2D eigenvalue weighted by Crippen LogP contribution is 2.67. The SMILES string of the molecule is CC(C)(C)c1csc(CNCC2C(C)(C)C2(C)C)n1. The van der Waals surface area contributed by atoms with E-state index in [4.69, 9.17) is 4.98 Å². The van der Waals surface area contributed by atoms with E-state index in [1.807, 2.05) is 0 Å². The van der Waals surface area contributed by atoms with Gasteiger partial charge in [-0.05, 0) is 23.3 Å². The van der Waals surface area contributed by atoms with Crippen molar-refractivity contribution in [1.82, 2.24) is 10.3 Å². The van der Waals surface area contributed by atoms with E-state index in [1.54, 1.807) is 11.3 Å². The molecule has 0 spiro atoms. The zero-order valence-corrected chi connectivity index (χ0v) is 14.2. The molecule has 0 atom stereocenters. The van der Waals surface area contributed by atoms with Gasteiger partial charge in [0.25, 0.3) is 0 Å². The number of thiazole rings is 1. The average Bonchev–Trinajstić information content (AvgIpc) is 2.67. The van der Waals surface area contributed by atoms with Gasteiger partial charge in [-0.2, -0.15) is 0 Å². The second-order valence-electron chi connectivity index (χ2n) is 8.00. The zero-order valence-electron chi connectivity index (χ0n) is 13.4. The van der Waals surface area contributed by atoms with Gasteiger partial charge < -0.3 is 5.32 Å². The van der Waals surface area contributed by atoms with Gasteiger partial charge in [0.05, 0.1) is 5.69 Å². The van der Waals surface area contributed by atoms with Crippen molar-refractivity contribution in [2.24, 2.45) is 16.7 Å². The minimum Gasteiger partial charge on any atom is -0.310 e. The number of rotatable bonds is 4. The van der Waals surface area contributed by atoms with E-state index in [2.05, 4.69) is 59.2 Å². The van der Waals surface area contributed by atoms with Crippen LogP contribution in [0.2, 0.25) is 0 Å². The first kappa shape index (κ1) is 15.0. The third-order valence-electron chi connectivity index (χ3n) is 5.26. The van der Waals surface area contributed by atoms with E-state index in [-0.39, 0.29) is 5.41 Å². The molecule has 0 unspecified atom stereocenters. The van der Waals surface area contributed by atoms with Crippen molar-refractivity contribution < 1.29 is 0 Å². The van der Waals surface area contributed by atoms with Crippen LogP contribution in [0.5, 0.6) is 0 Å². The van der Waals surface area contributed by atoms with Crippen LogP contribution in [0.15, 0.2) is 5.38 Å². The first-order chi connectivity index (χ1) is 8.57. The first-order valence-corrected chi connectivity index (χ1v) is 8.10. The molecule has 1 heterocycles. The summed E-state index contributed by atoms with van der Waals surface area (Å²) in [6, 6.07) is 0. The van der Waals surface area contributed by atoms with Gasteiger partial charge in [-0.15, -0.1) is 11.3 Å². The van der Waals surface area contributed by atoms with Crippen LogP contribution in [-0.4, -0.2) is 11.5 Å². The standard InChI is InChI=1S/C16H28N2S/c1-14(2,3)12-10-19-13(18-12)9-17-8-11-15(4,5)16(11,6)7/h10-11,17H,8-9H2,1-7H3. The molecule has 1 fully saturated rings. The van der Waals surface area contributed by atoms with Crippen molar-refractivity contribution in [2.75, 3.05) is 6.54 Å². The molecule has 1 aliphatic rings. The summed E-state index contributed by atoms with van der Waals surface area (Å²) >= 11 is 1.77. The summed E-state index contributed by atoms with van der Waals surface area (Å²) < 4.78 is 0. The van der Waals surface area contributed by atoms with Gasteiger partial charge >= 0.3 is 0 Å². The molecule has 0 radical (unpaired) electrons. The Morgan fingerprint density at radius 1 is 1.21 bits per heavy atom. The molecule has 1 aromatic heterocycles. The van der Waals surface area contributed by atoms with Gasteiger partial charge in [-0.3, -0.25) is 0 Å².